The average Bonchev–Trinajstić information content (AvgIpc) is 2.36. The van der Waals surface area contributed by atoms with E-state index >= 15 is 0 Å². The van der Waals surface area contributed by atoms with Gasteiger partial charge in [-0.2, -0.15) is 0 Å². The summed E-state index contributed by atoms with van der Waals surface area (Å²) < 4.78 is 0. The Kier molecular flexibility index (Phi) is 5.64. The Labute approximate surface area is 112 Å². The van der Waals surface area contributed by atoms with Gasteiger partial charge in [-0.15, -0.1) is 0 Å². The summed E-state index contributed by atoms with van der Waals surface area (Å²) in [6.45, 7) is 13.7. The van der Waals surface area contributed by atoms with Crippen molar-refractivity contribution < 1.29 is 4.79 Å². The van der Waals surface area contributed by atoms with E-state index in [1.54, 1.807) is 0 Å². The first kappa shape index (κ1) is 15.5. The van der Waals surface area contributed by atoms with Crippen molar-refractivity contribution in [1.29, 1.82) is 0 Å². The van der Waals surface area contributed by atoms with E-state index in [4.69, 9.17) is 0 Å². The fourth-order valence-corrected chi connectivity index (χ4v) is 2.10. The molecule has 1 rings (SSSR count). The Morgan fingerprint density at radius 2 is 1.72 bits per heavy atom. The molecule has 0 bridgehead atoms. The first-order valence-corrected chi connectivity index (χ1v) is 7.37. The highest BCUT2D eigenvalue weighted by molar-refractivity contribution is 5.81. The van der Waals surface area contributed by atoms with Gasteiger partial charge in [0, 0.05) is 19.6 Å². The molecule has 0 radical (unpaired) electrons. The molecule has 3 nitrogen and oxygen atoms in total. The average molecular weight is 254 g/mol. The second kappa shape index (κ2) is 6.55. The summed E-state index contributed by atoms with van der Waals surface area (Å²) in [5.74, 6) is 0.886. The highest BCUT2D eigenvalue weighted by Gasteiger charge is 2.26. The van der Waals surface area contributed by atoms with Crippen molar-refractivity contribution in [2.24, 2.45) is 11.3 Å². The fraction of sp³-hybridized carbons (Fsp3) is 0.933. The lowest BCUT2D eigenvalue weighted by molar-refractivity contribution is -0.134. The Hall–Kier alpha value is -0.570. The summed E-state index contributed by atoms with van der Waals surface area (Å²) in [5, 5.41) is 3.41. The van der Waals surface area contributed by atoms with Gasteiger partial charge in [-0.1, -0.05) is 27.7 Å². The third kappa shape index (κ3) is 4.27. The van der Waals surface area contributed by atoms with Gasteiger partial charge in [0.1, 0.15) is 0 Å². The molecule has 1 unspecified atom stereocenters. The maximum Gasteiger partial charge on any atom is 0.239 e. The molecule has 1 N–H and O–H groups in total. The third-order valence-corrected chi connectivity index (χ3v) is 4.46. The number of amides is 1. The number of nitrogens with one attached hydrogen (secondary N) is 1. The Balaban J connectivity index is 2.40. The summed E-state index contributed by atoms with van der Waals surface area (Å²) in [7, 11) is 0. The number of nitrogens with zero attached hydrogens (tertiary/aromatic N) is 1. The van der Waals surface area contributed by atoms with Crippen molar-refractivity contribution in [2.45, 2.75) is 59.9 Å². The number of carbonyl (C=O) groups is 1. The molecule has 3 heteroatoms. The van der Waals surface area contributed by atoms with Crippen LogP contribution in [0.1, 0.15) is 53.9 Å². The van der Waals surface area contributed by atoms with E-state index in [0.29, 0.717) is 5.92 Å². The largest absolute Gasteiger partial charge is 0.341 e. The van der Waals surface area contributed by atoms with Crippen LogP contribution in [-0.2, 0) is 4.79 Å². The molecule has 0 aromatic carbocycles. The van der Waals surface area contributed by atoms with Crippen LogP contribution in [0.2, 0.25) is 0 Å². The fourth-order valence-electron chi connectivity index (χ4n) is 2.10. The SMILES string of the molecule is CC(NCC(C)(C)C(C)C)C(=O)N1CCCCC1. The molecule has 1 heterocycles. The lowest BCUT2D eigenvalue weighted by atomic mass is 9.81. The molecule has 18 heavy (non-hydrogen) atoms. The number of rotatable bonds is 5. The van der Waals surface area contributed by atoms with Gasteiger partial charge in [0.15, 0.2) is 0 Å². The van der Waals surface area contributed by atoms with Crippen LogP contribution in [-0.4, -0.2) is 36.5 Å². The lowest BCUT2D eigenvalue weighted by Gasteiger charge is -2.33. The second-order valence-electron chi connectivity index (χ2n) is 6.63. The van der Waals surface area contributed by atoms with Crippen molar-refractivity contribution in [3.05, 3.63) is 0 Å². The van der Waals surface area contributed by atoms with Gasteiger partial charge in [-0.25, -0.2) is 0 Å². The van der Waals surface area contributed by atoms with Crippen LogP contribution in [0.5, 0.6) is 0 Å². The normalized spacial score (nSPS) is 19.1. The van der Waals surface area contributed by atoms with Gasteiger partial charge in [0.25, 0.3) is 0 Å². The van der Waals surface area contributed by atoms with E-state index in [-0.39, 0.29) is 17.4 Å². The molecule has 1 amide bonds. The summed E-state index contributed by atoms with van der Waals surface area (Å²) in [6, 6.07) is -0.0545. The highest BCUT2D eigenvalue weighted by Crippen LogP contribution is 2.24. The Morgan fingerprint density at radius 1 is 1.17 bits per heavy atom. The molecule has 1 saturated heterocycles. The van der Waals surface area contributed by atoms with E-state index in [9.17, 15) is 4.79 Å². The molecule has 0 saturated carbocycles. The number of hydrogen-bond acceptors (Lipinski definition) is 2. The van der Waals surface area contributed by atoms with E-state index in [2.05, 4.69) is 33.0 Å². The predicted molar refractivity (Wildman–Crippen MR) is 76.5 cm³/mol. The smallest absolute Gasteiger partial charge is 0.239 e. The van der Waals surface area contributed by atoms with Crippen molar-refractivity contribution in [1.82, 2.24) is 10.2 Å². The van der Waals surface area contributed by atoms with Crippen LogP contribution >= 0.6 is 0 Å². The minimum atomic E-state index is -0.0545. The highest BCUT2D eigenvalue weighted by atomic mass is 16.2. The van der Waals surface area contributed by atoms with Gasteiger partial charge in [0.2, 0.25) is 5.91 Å². The van der Waals surface area contributed by atoms with Crippen LogP contribution in [0.3, 0.4) is 0 Å². The molecular weight excluding hydrogens is 224 g/mol. The van der Waals surface area contributed by atoms with E-state index in [0.717, 1.165) is 32.5 Å². The molecule has 1 aliphatic heterocycles. The molecule has 1 fully saturated rings. The predicted octanol–water partition coefficient (Wildman–Crippen LogP) is 2.66. The minimum Gasteiger partial charge on any atom is -0.341 e. The number of hydrogen-bond donors (Lipinski definition) is 1. The van der Waals surface area contributed by atoms with E-state index in [1.807, 2.05) is 11.8 Å². The second-order valence-corrected chi connectivity index (χ2v) is 6.63. The van der Waals surface area contributed by atoms with Crippen molar-refractivity contribution in [2.75, 3.05) is 19.6 Å². The lowest BCUT2D eigenvalue weighted by Crippen LogP contribution is -2.49. The van der Waals surface area contributed by atoms with Crippen LogP contribution in [0.4, 0.5) is 0 Å². The quantitative estimate of drug-likeness (QED) is 0.818. The first-order valence-electron chi connectivity index (χ1n) is 7.37. The zero-order chi connectivity index (χ0) is 13.8. The van der Waals surface area contributed by atoms with E-state index in [1.165, 1.54) is 6.42 Å². The molecule has 106 valence electrons. The topological polar surface area (TPSA) is 32.3 Å². The summed E-state index contributed by atoms with van der Waals surface area (Å²) in [5.41, 5.74) is 0.233. The molecule has 1 aliphatic rings. The van der Waals surface area contributed by atoms with Crippen molar-refractivity contribution >= 4 is 5.91 Å². The maximum absolute atomic E-state index is 12.2. The third-order valence-electron chi connectivity index (χ3n) is 4.46. The van der Waals surface area contributed by atoms with Crippen LogP contribution in [0, 0.1) is 11.3 Å². The molecular formula is C15H30N2O. The van der Waals surface area contributed by atoms with Crippen LogP contribution < -0.4 is 5.32 Å². The number of likely N-dealkylation sites (tertiary alicyclic amines) is 1. The molecule has 1 atom stereocenters. The van der Waals surface area contributed by atoms with Gasteiger partial charge in [0.05, 0.1) is 6.04 Å². The zero-order valence-electron chi connectivity index (χ0n) is 12.8. The zero-order valence-corrected chi connectivity index (χ0v) is 12.8. The van der Waals surface area contributed by atoms with Crippen LogP contribution in [0.15, 0.2) is 0 Å². The van der Waals surface area contributed by atoms with Gasteiger partial charge in [-0.05, 0) is 37.5 Å². The van der Waals surface area contributed by atoms with Gasteiger partial charge in [-0.3, -0.25) is 4.79 Å². The Morgan fingerprint density at radius 3 is 2.22 bits per heavy atom. The molecule has 0 aromatic heterocycles. The minimum absolute atomic E-state index is 0.0545. The summed E-state index contributed by atoms with van der Waals surface area (Å²) >= 11 is 0. The van der Waals surface area contributed by atoms with Crippen LogP contribution in [0.25, 0.3) is 0 Å². The Bertz CT molecular complexity index is 268. The maximum atomic E-state index is 12.2. The van der Waals surface area contributed by atoms with Gasteiger partial charge < -0.3 is 10.2 Å². The molecule has 0 spiro atoms. The number of piperidine rings is 1. The molecule has 0 aromatic rings. The summed E-state index contributed by atoms with van der Waals surface area (Å²) in [4.78, 5) is 14.3. The summed E-state index contributed by atoms with van der Waals surface area (Å²) in [6.07, 6.45) is 3.60. The first-order chi connectivity index (χ1) is 8.34. The number of carbonyl (C=O) groups excluding carboxylic acids is 1. The van der Waals surface area contributed by atoms with Crippen molar-refractivity contribution in [3.8, 4) is 0 Å². The van der Waals surface area contributed by atoms with E-state index < -0.39 is 0 Å². The van der Waals surface area contributed by atoms with Crippen molar-refractivity contribution in [3.63, 3.8) is 0 Å². The molecule has 0 aliphatic carbocycles. The standard InChI is InChI=1S/C15H30N2O/c1-12(2)15(4,5)11-16-13(3)14(18)17-9-7-6-8-10-17/h12-13,16H,6-11H2,1-5H3. The monoisotopic (exact) mass is 254 g/mol. The van der Waals surface area contributed by atoms with Gasteiger partial charge >= 0.3 is 0 Å².